The Balaban J connectivity index is 2.29. The average molecular weight is 289 g/mol. The zero-order chi connectivity index (χ0) is 14.8. The van der Waals surface area contributed by atoms with Crippen molar-refractivity contribution in [2.45, 2.75) is 25.3 Å². The van der Waals surface area contributed by atoms with Crippen LogP contribution in [0.3, 0.4) is 0 Å². The van der Waals surface area contributed by atoms with E-state index >= 15 is 0 Å². The Kier molecular flexibility index (Phi) is 4.26. The SMILES string of the molecule is Cc1cccc(CN(C)S(=O)(=O)c2ccccc2C)c1. The fourth-order valence-corrected chi connectivity index (χ4v) is 3.55. The molecule has 3 nitrogen and oxygen atoms in total. The monoisotopic (exact) mass is 289 g/mol. The topological polar surface area (TPSA) is 37.4 Å². The number of aryl methyl sites for hydroxylation is 2. The van der Waals surface area contributed by atoms with Gasteiger partial charge in [0.2, 0.25) is 10.0 Å². The lowest BCUT2D eigenvalue weighted by atomic mass is 10.1. The Morgan fingerprint density at radius 2 is 1.70 bits per heavy atom. The number of sulfonamides is 1. The third-order valence-corrected chi connectivity index (χ3v) is 5.23. The first-order valence-electron chi connectivity index (χ1n) is 6.49. The predicted octanol–water partition coefficient (Wildman–Crippen LogP) is 3.12. The number of nitrogens with zero attached hydrogens (tertiary/aromatic N) is 1. The normalized spacial score (nSPS) is 11.8. The van der Waals surface area contributed by atoms with Gasteiger partial charge in [-0.1, -0.05) is 48.0 Å². The Morgan fingerprint density at radius 3 is 2.35 bits per heavy atom. The van der Waals surface area contributed by atoms with Gasteiger partial charge in [-0.3, -0.25) is 0 Å². The summed E-state index contributed by atoms with van der Waals surface area (Å²) in [6.45, 7) is 4.19. The number of rotatable bonds is 4. The molecule has 106 valence electrons. The second-order valence-electron chi connectivity index (χ2n) is 5.02. The highest BCUT2D eigenvalue weighted by molar-refractivity contribution is 7.89. The number of hydrogen-bond donors (Lipinski definition) is 0. The molecule has 0 fully saturated rings. The predicted molar refractivity (Wildman–Crippen MR) is 81.0 cm³/mol. The third-order valence-electron chi connectivity index (χ3n) is 3.27. The van der Waals surface area contributed by atoms with Gasteiger partial charge in [-0.05, 0) is 31.0 Å². The molecule has 0 radical (unpaired) electrons. The standard InChI is InChI=1S/C16H19NO2S/c1-13-7-6-9-15(11-13)12-17(3)20(18,19)16-10-5-4-8-14(16)2/h4-11H,12H2,1-3H3. The van der Waals surface area contributed by atoms with Gasteiger partial charge in [0.25, 0.3) is 0 Å². The van der Waals surface area contributed by atoms with Crippen molar-refractivity contribution in [2.24, 2.45) is 0 Å². The van der Waals surface area contributed by atoms with Crippen molar-refractivity contribution in [3.63, 3.8) is 0 Å². The van der Waals surface area contributed by atoms with Crippen molar-refractivity contribution in [2.75, 3.05) is 7.05 Å². The van der Waals surface area contributed by atoms with E-state index in [1.165, 1.54) is 4.31 Å². The lowest BCUT2D eigenvalue weighted by Crippen LogP contribution is -2.27. The van der Waals surface area contributed by atoms with E-state index in [-0.39, 0.29) is 0 Å². The Bertz CT molecular complexity index is 708. The molecule has 0 N–H and O–H groups in total. The molecule has 0 aliphatic heterocycles. The average Bonchev–Trinajstić information content (AvgIpc) is 2.39. The summed E-state index contributed by atoms with van der Waals surface area (Å²) in [7, 11) is -1.83. The molecule has 0 amide bonds. The maximum absolute atomic E-state index is 12.6. The minimum atomic E-state index is -3.45. The third kappa shape index (κ3) is 3.08. The highest BCUT2D eigenvalue weighted by atomic mass is 32.2. The Labute approximate surface area is 120 Å². The zero-order valence-corrected chi connectivity index (χ0v) is 12.8. The van der Waals surface area contributed by atoms with Gasteiger partial charge < -0.3 is 0 Å². The molecule has 0 aliphatic carbocycles. The summed E-state index contributed by atoms with van der Waals surface area (Å²) in [6, 6.07) is 14.9. The van der Waals surface area contributed by atoms with Crippen molar-refractivity contribution in [3.05, 3.63) is 65.2 Å². The molecule has 2 rings (SSSR count). The van der Waals surface area contributed by atoms with Crippen molar-refractivity contribution in [1.82, 2.24) is 4.31 Å². The summed E-state index contributed by atoms with van der Waals surface area (Å²) < 4.78 is 26.5. The zero-order valence-electron chi connectivity index (χ0n) is 12.0. The quantitative estimate of drug-likeness (QED) is 0.867. The number of benzene rings is 2. The van der Waals surface area contributed by atoms with Gasteiger partial charge in [-0.25, -0.2) is 8.42 Å². The van der Waals surface area contributed by atoms with Crippen LogP contribution in [-0.4, -0.2) is 19.8 Å². The van der Waals surface area contributed by atoms with Crippen LogP contribution in [0.1, 0.15) is 16.7 Å². The van der Waals surface area contributed by atoms with Crippen molar-refractivity contribution < 1.29 is 8.42 Å². The minimum absolute atomic E-state index is 0.371. The Hall–Kier alpha value is -1.65. The Morgan fingerprint density at radius 1 is 1.00 bits per heavy atom. The van der Waals surface area contributed by atoms with Crippen LogP contribution in [0.5, 0.6) is 0 Å². The molecule has 0 unspecified atom stereocenters. The molecule has 0 bridgehead atoms. The van der Waals surface area contributed by atoms with E-state index in [4.69, 9.17) is 0 Å². The van der Waals surface area contributed by atoms with Crippen LogP contribution in [0, 0.1) is 13.8 Å². The van der Waals surface area contributed by atoms with Gasteiger partial charge in [-0.15, -0.1) is 0 Å². The van der Waals surface area contributed by atoms with Crippen LogP contribution in [0.4, 0.5) is 0 Å². The van der Waals surface area contributed by atoms with Crippen LogP contribution < -0.4 is 0 Å². The highest BCUT2D eigenvalue weighted by Crippen LogP contribution is 2.20. The molecular formula is C16H19NO2S. The first kappa shape index (κ1) is 14.8. The lowest BCUT2D eigenvalue weighted by Gasteiger charge is -2.18. The molecule has 2 aromatic carbocycles. The maximum atomic E-state index is 12.6. The van der Waals surface area contributed by atoms with Crippen LogP contribution in [-0.2, 0) is 16.6 Å². The van der Waals surface area contributed by atoms with E-state index in [0.29, 0.717) is 11.4 Å². The van der Waals surface area contributed by atoms with Crippen molar-refractivity contribution in [3.8, 4) is 0 Å². The summed E-state index contributed by atoms with van der Waals surface area (Å²) in [5.41, 5.74) is 2.89. The molecule has 4 heteroatoms. The van der Waals surface area contributed by atoms with E-state index in [0.717, 1.165) is 16.7 Å². The van der Waals surface area contributed by atoms with Crippen LogP contribution in [0.15, 0.2) is 53.4 Å². The highest BCUT2D eigenvalue weighted by Gasteiger charge is 2.22. The van der Waals surface area contributed by atoms with E-state index in [2.05, 4.69) is 0 Å². The summed E-state index contributed by atoms with van der Waals surface area (Å²) in [6.07, 6.45) is 0. The summed E-state index contributed by atoms with van der Waals surface area (Å²) in [5.74, 6) is 0. The molecule has 0 spiro atoms. The summed E-state index contributed by atoms with van der Waals surface area (Å²) >= 11 is 0. The smallest absolute Gasteiger partial charge is 0.207 e. The molecule has 0 aromatic heterocycles. The van der Waals surface area contributed by atoms with E-state index in [9.17, 15) is 8.42 Å². The first-order valence-corrected chi connectivity index (χ1v) is 7.93. The summed E-state index contributed by atoms with van der Waals surface area (Å²) in [4.78, 5) is 0.371. The fourth-order valence-electron chi connectivity index (χ4n) is 2.17. The minimum Gasteiger partial charge on any atom is -0.207 e. The lowest BCUT2D eigenvalue weighted by molar-refractivity contribution is 0.466. The molecule has 0 saturated heterocycles. The fraction of sp³-hybridized carbons (Fsp3) is 0.250. The van der Waals surface area contributed by atoms with E-state index < -0.39 is 10.0 Å². The van der Waals surface area contributed by atoms with Gasteiger partial charge in [-0.2, -0.15) is 4.31 Å². The molecule has 0 saturated carbocycles. The molecule has 2 aromatic rings. The van der Waals surface area contributed by atoms with Crippen LogP contribution in [0.25, 0.3) is 0 Å². The maximum Gasteiger partial charge on any atom is 0.243 e. The van der Waals surface area contributed by atoms with Crippen molar-refractivity contribution in [1.29, 1.82) is 0 Å². The van der Waals surface area contributed by atoms with Gasteiger partial charge in [0.05, 0.1) is 4.90 Å². The van der Waals surface area contributed by atoms with E-state index in [1.807, 2.05) is 50.2 Å². The molecular weight excluding hydrogens is 270 g/mol. The molecule has 0 aliphatic rings. The summed E-state index contributed by atoms with van der Waals surface area (Å²) in [5, 5.41) is 0. The van der Waals surface area contributed by atoms with E-state index in [1.54, 1.807) is 19.2 Å². The molecule has 20 heavy (non-hydrogen) atoms. The van der Waals surface area contributed by atoms with Gasteiger partial charge in [0, 0.05) is 13.6 Å². The van der Waals surface area contributed by atoms with Crippen molar-refractivity contribution >= 4 is 10.0 Å². The van der Waals surface area contributed by atoms with Gasteiger partial charge in [0.1, 0.15) is 0 Å². The van der Waals surface area contributed by atoms with Crippen LogP contribution >= 0.6 is 0 Å². The largest absolute Gasteiger partial charge is 0.243 e. The van der Waals surface area contributed by atoms with Crippen LogP contribution in [0.2, 0.25) is 0 Å². The second kappa shape index (κ2) is 5.77. The molecule has 0 atom stereocenters. The number of hydrogen-bond acceptors (Lipinski definition) is 2. The first-order chi connectivity index (χ1) is 9.41. The van der Waals surface area contributed by atoms with Gasteiger partial charge in [0.15, 0.2) is 0 Å². The second-order valence-corrected chi connectivity index (χ2v) is 7.03. The molecule has 0 heterocycles. The van der Waals surface area contributed by atoms with Gasteiger partial charge >= 0.3 is 0 Å².